The van der Waals surface area contributed by atoms with Crippen LogP contribution in [0.3, 0.4) is 0 Å². The van der Waals surface area contributed by atoms with Gasteiger partial charge in [0.2, 0.25) is 0 Å². The van der Waals surface area contributed by atoms with E-state index in [1.165, 1.54) is 64.2 Å². The van der Waals surface area contributed by atoms with Crippen molar-refractivity contribution in [1.82, 2.24) is 0 Å². The van der Waals surface area contributed by atoms with Crippen LogP contribution in [0.4, 0.5) is 0 Å². The Hall–Kier alpha value is -2.69. The van der Waals surface area contributed by atoms with Gasteiger partial charge in [0, 0.05) is 13.0 Å². The van der Waals surface area contributed by atoms with Gasteiger partial charge in [0.05, 0.1) is 13.2 Å². The number of ether oxygens (including phenoxy) is 2. The van der Waals surface area contributed by atoms with E-state index in [0.29, 0.717) is 13.0 Å². The molecule has 0 heterocycles. The molecule has 1 atom stereocenters. The lowest BCUT2D eigenvalue weighted by Crippen LogP contribution is -2.27. The Morgan fingerprint density at radius 2 is 0.865 bits per heavy atom. The molecule has 4 nitrogen and oxygen atoms in total. The van der Waals surface area contributed by atoms with Crippen LogP contribution in [0.5, 0.6) is 0 Å². The number of hydrogen-bond donors (Lipinski definition) is 1. The van der Waals surface area contributed by atoms with Crippen LogP contribution in [0.15, 0.2) is 97.2 Å². The number of aliphatic hydroxyl groups excluding tert-OH is 1. The van der Waals surface area contributed by atoms with Gasteiger partial charge in [-0.3, -0.25) is 4.79 Å². The maximum atomic E-state index is 12.2. The number of hydrogen-bond acceptors (Lipinski definition) is 4. The van der Waals surface area contributed by atoms with E-state index in [9.17, 15) is 9.90 Å². The molecule has 0 spiro atoms. The van der Waals surface area contributed by atoms with E-state index in [-0.39, 0.29) is 19.2 Å². The smallest absolute Gasteiger partial charge is 0.306 e. The number of rotatable bonds is 38. The molecule has 52 heavy (non-hydrogen) atoms. The summed E-state index contributed by atoms with van der Waals surface area (Å²) >= 11 is 0. The summed E-state index contributed by atoms with van der Waals surface area (Å²) in [5, 5.41) is 9.60. The molecule has 0 aliphatic heterocycles. The molecule has 0 aliphatic carbocycles. The van der Waals surface area contributed by atoms with Crippen molar-refractivity contribution in [2.24, 2.45) is 0 Å². The van der Waals surface area contributed by atoms with Crippen LogP contribution in [0.1, 0.15) is 174 Å². The molecular formula is C48H80O4. The Balaban J connectivity index is 3.58. The second-order valence-electron chi connectivity index (χ2n) is 13.7. The molecule has 0 aliphatic rings. The van der Waals surface area contributed by atoms with Crippen LogP contribution < -0.4 is 0 Å². The first kappa shape index (κ1) is 49.3. The molecule has 0 rings (SSSR count). The third kappa shape index (κ3) is 41.7. The van der Waals surface area contributed by atoms with E-state index in [4.69, 9.17) is 9.47 Å². The van der Waals surface area contributed by atoms with Crippen LogP contribution in [0.25, 0.3) is 0 Å². The molecule has 4 heteroatoms. The van der Waals surface area contributed by atoms with Gasteiger partial charge in [-0.2, -0.15) is 0 Å². The van der Waals surface area contributed by atoms with Gasteiger partial charge in [-0.15, -0.1) is 0 Å². The lowest BCUT2D eigenvalue weighted by atomic mass is 10.1. The maximum Gasteiger partial charge on any atom is 0.306 e. The average molecular weight is 721 g/mol. The lowest BCUT2D eigenvalue weighted by molar-refractivity contribution is -0.154. The van der Waals surface area contributed by atoms with E-state index in [0.717, 1.165) is 89.9 Å². The van der Waals surface area contributed by atoms with Crippen molar-refractivity contribution in [3.63, 3.8) is 0 Å². The van der Waals surface area contributed by atoms with Crippen LogP contribution in [0.2, 0.25) is 0 Å². The maximum absolute atomic E-state index is 12.2. The molecule has 0 saturated carbocycles. The summed E-state index contributed by atoms with van der Waals surface area (Å²) in [6.45, 7) is 5.15. The SMILES string of the molecule is CC/C=C\C/C=C\C/C=C\C/C=C\C/C=C\C/C=C\CCCCCCC(=O)OC(CO)COCCCCCCCC/C=C\C/C=C\CCCCCC. The molecule has 0 amide bonds. The summed E-state index contributed by atoms with van der Waals surface area (Å²) < 4.78 is 11.1. The molecule has 0 aromatic carbocycles. The fourth-order valence-electron chi connectivity index (χ4n) is 5.48. The Bertz CT molecular complexity index is 980. The van der Waals surface area contributed by atoms with Gasteiger partial charge in [-0.25, -0.2) is 0 Å². The molecule has 296 valence electrons. The van der Waals surface area contributed by atoms with Gasteiger partial charge in [-0.1, -0.05) is 169 Å². The van der Waals surface area contributed by atoms with Crippen molar-refractivity contribution in [1.29, 1.82) is 0 Å². The molecule has 0 bridgehead atoms. The predicted octanol–water partition coefficient (Wildman–Crippen LogP) is 14.1. The zero-order valence-electron chi connectivity index (χ0n) is 33.8. The molecular weight excluding hydrogens is 641 g/mol. The highest BCUT2D eigenvalue weighted by atomic mass is 16.6. The topological polar surface area (TPSA) is 55.8 Å². The molecule has 0 saturated heterocycles. The minimum Gasteiger partial charge on any atom is -0.457 e. The van der Waals surface area contributed by atoms with Crippen molar-refractivity contribution in [2.75, 3.05) is 19.8 Å². The first-order valence-corrected chi connectivity index (χ1v) is 21.3. The lowest BCUT2D eigenvalue weighted by Gasteiger charge is -2.15. The highest BCUT2D eigenvalue weighted by Gasteiger charge is 2.13. The zero-order valence-corrected chi connectivity index (χ0v) is 33.8. The van der Waals surface area contributed by atoms with Crippen molar-refractivity contribution < 1.29 is 19.4 Å². The van der Waals surface area contributed by atoms with E-state index in [2.05, 4.69) is 111 Å². The van der Waals surface area contributed by atoms with Gasteiger partial charge >= 0.3 is 5.97 Å². The third-order valence-electron chi connectivity index (χ3n) is 8.64. The Labute approximate surface area is 322 Å². The van der Waals surface area contributed by atoms with E-state index >= 15 is 0 Å². The summed E-state index contributed by atoms with van der Waals surface area (Å²) in [6.07, 6.45) is 63.1. The summed E-state index contributed by atoms with van der Waals surface area (Å²) in [5.74, 6) is -0.233. The Morgan fingerprint density at radius 1 is 0.481 bits per heavy atom. The van der Waals surface area contributed by atoms with Crippen molar-refractivity contribution in [3.05, 3.63) is 97.2 Å². The summed E-state index contributed by atoms with van der Waals surface area (Å²) in [7, 11) is 0. The standard InChI is InChI=1S/C48H80O4/c1-3-5-7-9-11-13-15-17-19-21-22-23-24-25-26-27-29-31-33-35-37-39-41-43-48(50)52-47(45-49)46-51-44-42-40-38-36-34-32-30-28-20-18-16-14-12-10-8-6-4-2/h5,7,11,13-14,16-17,19-20,22-23,25-26,28-29,31,47,49H,3-4,6,8-10,12,15,18,21,24,27,30,32-46H2,1-2H3/b7-5-,13-11-,16-14-,19-17-,23-22-,26-25-,28-20-,31-29-. The quantitative estimate of drug-likeness (QED) is 0.0392. The summed E-state index contributed by atoms with van der Waals surface area (Å²) in [6, 6.07) is 0. The number of aliphatic hydroxyl groups is 1. The molecule has 0 aromatic heterocycles. The summed E-state index contributed by atoms with van der Waals surface area (Å²) in [4.78, 5) is 12.2. The highest BCUT2D eigenvalue weighted by Crippen LogP contribution is 2.10. The number of carbonyl (C=O) groups is 1. The zero-order chi connectivity index (χ0) is 37.7. The Morgan fingerprint density at radius 3 is 1.31 bits per heavy atom. The van der Waals surface area contributed by atoms with Crippen LogP contribution >= 0.6 is 0 Å². The number of carbonyl (C=O) groups excluding carboxylic acids is 1. The first-order chi connectivity index (χ1) is 25.7. The van der Waals surface area contributed by atoms with Gasteiger partial charge < -0.3 is 14.6 Å². The second kappa shape index (κ2) is 44.5. The minimum absolute atomic E-state index is 0.193. The number of esters is 1. The molecule has 1 unspecified atom stereocenters. The first-order valence-electron chi connectivity index (χ1n) is 21.3. The Kier molecular flexibility index (Phi) is 42.2. The monoisotopic (exact) mass is 721 g/mol. The fraction of sp³-hybridized carbons (Fsp3) is 0.646. The average Bonchev–Trinajstić information content (AvgIpc) is 3.15. The van der Waals surface area contributed by atoms with E-state index < -0.39 is 6.10 Å². The molecule has 0 radical (unpaired) electrons. The van der Waals surface area contributed by atoms with Crippen molar-refractivity contribution >= 4 is 5.97 Å². The van der Waals surface area contributed by atoms with Gasteiger partial charge in [-0.05, 0) is 96.3 Å². The van der Waals surface area contributed by atoms with Gasteiger partial charge in [0.1, 0.15) is 6.10 Å². The van der Waals surface area contributed by atoms with Crippen LogP contribution in [-0.2, 0) is 14.3 Å². The van der Waals surface area contributed by atoms with E-state index in [1.54, 1.807) is 0 Å². The normalized spacial score (nSPS) is 13.4. The number of unbranched alkanes of at least 4 members (excludes halogenated alkanes) is 14. The molecule has 0 aromatic rings. The van der Waals surface area contributed by atoms with Crippen LogP contribution in [0, 0.1) is 0 Å². The fourth-order valence-corrected chi connectivity index (χ4v) is 5.48. The predicted molar refractivity (Wildman–Crippen MR) is 228 cm³/mol. The highest BCUT2D eigenvalue weighted by molar-refractivity contribution is 5.69. The van der Waals surface area contributed by atoms with Crippen molar-refractivity contribution in [3.8, 4) is 0 Å². The largest absolute Gasteiger partial charge is 0.457 e. The number of allylic oxidation sites excluding steroid dienone is 16. The van der Waals surface area contributed by atoms with Crippen molar-refractivity contribution in [2.45, 2.75) is 180 Å². The second-order valence-corrected chi connectivity index (χ2v) is 13.7. The van der Waals surface area contributed by atoms with Gasteiger partial charge in [0.15, 0.2) is 0 Å². The third-order valence-corrected chi connectivity index (χ3v) is 8.64. The molecule has 0 fully saturated rings. The summed E-state index contributed by atoms with van der Waals surface area (Å²) in [5.41, 5.74) is 0. The van der Waals surface area contributed by atoms with E-state index in [1.807, 2.05) is 0 Å². The van der Waals surface area contributed by atoms with Crippen LogP contribution in [-0.4, -0.2) is 37.0 Å². The van der Waals surface area contributed by atoms with Gasteiger partial charge in [0.25, 0.3) is 0 Å². The molecule has 1 N–H and O–H groups in total. The minimum atomic E-state index is -0.560.